The number of carboxylic acid groups (broad SMARTS) is 1. The van der Waals surface area contributed by atoms with E-state index in [0.717, 1.165) is 19.3 Å². The molecule has 0 saturated heterocycles. The minimum atomic E-state index is -0.808. The third kappa shape index (κ3) is 4.20. The molecule has 3 atom stereocenters. The van der Waals surface area contributed by atoms with Crippen molar-refractivity contribution in [2.45, 2.75) is 58.6 Å². The maximum Gasteiger partial charge on any atom is 0.407 e. The monoisotopic (exact) mass is 257 g/mol. The summed E-state index contributed by atoms with van der Waals surface area (Å²) in [6.45, 7) is 7.11. The van der Waals surface area contributed by atoms with Gasteiger partial charge in [-0.15, -0.1) is 0 Å². The Balaban J connectivity index is 2.55. The van der Waals surface area contributed by atoms with Crippen molar-refractivity contribution in [2.24, 2.45) is 11.8 Å². The van der Waals surface area contributed by atoms with Gasteiger partial charge in [0.1, 0.15) is 5.60 Å². The van der Waals surface area contributed by atoms with Crippen molar-refractivity contribution in [3.05, 3.63) is 0 Å². The van der Waals surface area contributed by atoms with Crippen LogP contribution in [0.3, 0.4) is 0 Å². The molecule has 0 spiro atoms. The highest BCUT2D eigenvalue weighted by atomic mass is 16.6. The Bertz CT molecular complexity index is 321. The number of hydrogen-bond donors (Lipinski definition) is 2. The van der Waals surface area contributed by atoms with E-state index in [0.29, 0.717) is 0 Å². The molecule has 0 bridgehead atoms. The molecule has 1 aliphatic rings. The van der Waals surface area contributed by atoms with Crippen molar-refractivity contribution in [3.63, 3.8) is 0 Å². The number of rotatable bonds is 3. The summed E-state index contributed by atoms with van der Waals surface area (Å²) in [7, 11) is 0. The Morgan fingerprint density at radius 1 is 1.33 bits per heavy atom. The SMILES string of the molecule is C[C@H](C(=O)O)C1CCCC1NC(=O)OC(C)(C)C. The van der Waals surface area contributed by atoms with Crippen molar-refractivity contribution >= 4 is 12.1 Å². The standard InChI is InChI=1S/C13H23NO4/c1-8(11(15)16)9-6-5-7-10(9)14-12(17)18-13(2,3)4/h8-10H,5-7H2,1-4H3,(H,14,17)(H,15,16)/t8-,9?,10?/m0/s1. The third-order valence-electron chi connectivity index (χ3n) is 3.30. The molecule has 0 aromatic carbocycles. The zero-order valence-corrected chi connectivity index (χ0v) is 11.5. The third-order valence-corrected chi connectivity index (χ3v) is 3.30. The Morgan fingerprint density at radius 2 is 1.94 bits per heavy atom. The number of carboxylic acids is 1. The van der Waals surface area contributed by atoms with Gasteiger partial charge in [0.05, 0.1) is 5.92 Å². The molecule has 0 radical (unpaired) electrons. The number of hydrogen-bond acceptors (Lipinski definition) is 3. The van der Waals surface area contributed by atoms with Crippen molar-refractivity contribution in [1.29, 1.82) is 0 Å². The fourth-order valence-corrected chi connectivity index (χ4v) is 2.41. The normalized spacial score (nSPS) is 25.6. The minimum Gasteiger partial charge on any atom is -0.481 e. The topological polar surface area (TPSA) is 75.6 Å². The van der Waals surface area contributed by atoms with Gasteiger partial charge in [-0.1, -0.05) is 13.3 Å². The highest BCUT2D eigenvalue weighted by Gasteiger charge is 2.36. The van der Waals surface area contributed by atoms with Gasteiger partial charge in [0.25, 0.3) is 0 Å². The Hall–Kier alpha value is -1.26. The van der Waals surface area contributed by atoms with Crippen LogP contribution in [0.4, 0.5) is 4.79 Å². The summed E-state index contributed by atoms with van der Waals surface area (Å²) in [5.74, 6) is -1.25. The summed E-state index contributed by atoms with van der Waals surface area (Å²) in [5, 5.41) is 11.8. The number of alkyl carbamates (subject to hydrolysis) is 1. The summed E-state index contributed by atoms with van der Waals surface area (Å²) in [6, 6.07) is -0.0917. The molecule has 1 rings (SSSR count). The molecule has 0 aliphatic heterocycles. The zero-order valence-electron chi connectivity index (χ0n) is 11.5. The molecule has 0 aromatic heterocycles. The first-order valence-corrected chi connectivity index (χ1v) is 6.43. The van der Waals surface area contributed by atoms with Gasteiger partial charge in [-0.3, -0.25) is 4.79 Å². The van der Waals surface area contributed by atoms with Crippen LogP contribution in [-0.4, -0.2) is 28.8 Å². The molecule has 1 fully saturated rings. The molecule has 18 heavy (non-hydrogen) atoms. The van der Waals surface area contributed by atoms with Crippen LogP contribution in [0.1, 0.15) is 47.0 Å². The molecule has 0 heterocycles. The first kappa shape index (κ1) is 14.8. The molecular weight excluding hydrogens is 234 g/mol. The Morgan fingerprint density at radius 3 is 2.44 bits per heavy atom. The molecule has 104 valence electrons. The van der Waals surface area contributed by atoms with Crippen LogP contribution in [-0.2, 0) is 9.53 Å². The van der Waals surface area contributed by atoms with E-state index in [2.05, 4.69) is 5.32 Å². The molecule has 2 unspecified atom stereocenters. The van der Waals surface area contributed by atoms with Crippen molar-refractivity contribution in [1.82, 2.24) is 5.32 Å². The highest BCUT2D eigenvalue weighted by Crippen LogP contribution is 2.32. The number of amides is 1. The van der Waals surface area contributed by atoms with Crippen LogP contribution in [0.5, 0.6) is 0 Å². The first-order chi connectivity index (χ1) is 8.20. The van der Waals surface area contributed by atoms with Gasteiger partial charge < -0.3 is 15.2 Å². The first-order valence-electron chi connectivity index (χ1n) is 6.43. The molecule has 5 heteroatoms. The van der Waals surface area contributed by atoms with Crippen molar-refractivity contribution in [2.75, 3.05) is 0 Å². The van der Waals surface area contributed by atoms with Crippen LogP contribution in [0, 0.1) is 11.8 Å². The van der Waals surface area contributed by atoms with Gasteiger partial charge in [-0.2, -0.15) is 0 Å². The lowest BCUT2D eigenvalue weighted by Crippen LogP contribution is -2.43. The lowest BCUT2D eigenvalue weighted by atomic mass is 9.89. The lowest BCUT2D eigenvalue weighted by Gasteiger charge is -2.26. The quantitative estimate of drug-likeness (QED) is 0.814. The highest BCUT2D eigenvalue weighted by molar-refractivity contribution is 5.71. The second-order valence-corrected chi connectivity index (χ2v) is 5.97. The summed E-state index contributed by atoms with van der Waals surface area (Å²) in [4.78, 5) is 22.7. The van der Waals surface area contributed by atoms with E-state index in [9.17, 15) is 9.59 Å². The van der Waals surface area contributed by atoms with E-state index in [4.69, 9.17) is 9.84 Å². The Kier molecular flexibility index (Phi) is 4.59. The average Bonchev–Trinajstić information content (AvgIpc) is 2.61. The second-order valence-electron chi connectivity index (χ2n) is 5.97. The molecule has 5 nitrogen and oxygen atoms in total. The summed E-state index contributed by atoms with van der Waals surface area (Å²) >= 11 is 0. The zero-order chi connectivity index (χ0) is 13.9. The van der Waals surface area contributed by atoms with Crippen LogP contribution in [0.2, 0.25) is 0 Å². The fraction of sp³-hybridized carbons (Fsp3) is 0.846. The predicted octanol–water partition coefficient (Wildman–Crippen LogP) is 2.40. The second kappa shape index (κ2) is 5.59. The van der Waals surface area contributed by atoms with Crippen LogP contribution >= 0.6 is 0 Å². The van der Waals surface area contributed by atoms with Gasteiger partial charge in [-0.25, -0.2) is 4.79 Å². The van der Waals surface area contributed by atoms with E-state index in [-0.39, 0.29) is 12.0 Å². The maximum absolute atomic E-state index is 11.7. The summed E-state index contributed by atoms with van der Waals surface area (Å²) in [5.41, 5.74) is -0.531. The average molecular weight is 257 g/mol. The predicted molar refractivity (Wildman–Crippen MR) is 67.3 cm³/mol. The number of aliphatic carboxylic acids is 1. The molecular formula is C13H23NO4. The molecule has 2 N–H and O–H groups in total. The molecule has 1 saturated carbocycles. The number of carbonyl (C=O) groups is 2. The van der Waals surface area contributed by atoms with E-state index in [1.165, 1.54) is 0 Å². The van der Waals surface area contributed by atoms with Gasteiger partial charge in [0, 0.05) is 6.04 Å². The van der Waals surface area contributed by atoms with Gasteiger partial charge >= 0.3 is 12.1 Å². The van der Waals surface area contributed by atoms with Crippen LogP contribution < -0.4 is 5.32 Å². The van der Waals surface area contributed by atoms with Crippen LogP contribution in [0.25, 0.3) is 0 Å². The molecule has 1 aliphatic carbocycles. The largest absolute Gasteiger partial charge is 0.481 e. The van der Waals surface area contributed by atoms with Crippen molar-refractivity contribution < 1.29 is 19.4 Å². The fourth-order valence-electron chi connectivity index (χ4n) is 2.41. The van der Waals surface area contributed by atoms with E-state index in [1.807, 2.05) is 0 Å². The molecule has 1 amide bonds. The maximum atomic E-state index is 11.7. The number of carbonyl (C=O) groups excluding carboxylic acids is 1. The van der Waals surface area contributed by atoms with E-state index < -0.39 is 23.6 Å². The van der Waals surface area contributed by atoms with E-state index >= 15 is 0 Å². The van der Waals surface area contributed by atoms with Gasteiger partial charge in [0.15, 0.2) is 0 Å². The van der Waals surface area contributed by atoms with Crippen LogP contribution in [0.15, 0.2) is 0 Å². The van der Waals surface area contributed by atoms with E-state index in [1.54, 1.807) is 27.7 Å². The van der Waals surface area contributed by atoms with Gasteiger partial charge in [-0.05, 0) is 39.5 Å². The molecule has 0 aromatic rings. The smallest absolute Gasteiger partial charge is 0.407 e. The Labute approximate surface area is 108 Å². The van der Waals surface area contributed by atoms with Crippen molar-refractivity contribution in [3.8, 4) is 0 Å². The summed E-state index contributed by atoms with van der Waals surface area (Å²) in [6.07, 6.45) is 2.15. The lowest BCUT2D eigenvalue weighted by molar-refractivity contribution is -0.143. The summed E-state index contributed by atoms with van der Waals surface area (Å²) < 4.78 is 5.19. The number of ether oxygens (including phenoxy) is 1. The minimum absolute atomic E-state index is 0.00461. The van der Waals surface area contributed by atoms with Gasteiger partial charge in [0.2, 0.25) is 0 Å². The number of nitrogens with one attached hydrogen (secondary N) is 1.